The number of piperidine rings is 1. The van der Waals surface area contributed by atoms with Gasteiger partial charge in [-0.15, -0.1) is 11.3 Å². The van der Waals surface area contributed by atoms with E-state index in [1.807, 2.05) is 11.4 Å². The predicted octanol–water partition coefficient (Wildman–Crippen LogP) is 4.06. The third-order valence-corrected chi connectivity index (χ3v) is 5.33. The van der Waals surface area contributed by atoms with Gasteiger partial charge in [0.2, 0.25) is 0 Å². The minimum absolute atomic E-state index is 0.0985. The number of nitrogens with zero attached hydrogens (tertiary/aromatic N) is 3. The maximum absolute atomic E-state index is 11.7. The van der Waals surface area contributed by atoms with Gasteiger partial charge in [-0.1, -0.05) is 12.1 Å². The summed E-state index contributed by atoms with van der Waals surface area (Å²) in [6.07, 6.45) is 1.39. The van der Waals surface area contributed by atoms with Crippen LogP contribution >= 0.6 is 11.3 Å². The van der Waals surface area contributed by atoms with Crippen molar-refractivity contribution in [3.8, 4) is 11.3 Å². The molecule has 27 heavy (non-hydrogen) atoms. The zero-order chi connectivity index (χ0) is 19.4. The van der Waals surface area contributed by atoms with Crippen LogP contribution in [0.25, 0.3) is 11.3 Å². The fourth-order valence-electron chi connectivity index (χ4n) is 3.03. The van der Waals surface area contributed by atoms with Crippen LogP contribution in [0.4, 0.5) is 15.6 Å². The first-order valence-electron chi connectivity index (χ1n) is 8.87. The van der Waals surface area contributed by atoms with Gasteiger partial charge in [-0.3, -0.25) is 10.1 Å². The van der Waals surface area contributed by atoms with Crippen LogP contribution in [0, 0.1) is 17.0 Å². The zero-order valence-corrected chi connectivity index (χ0v) is 16.1. The third kappa shape index (κ3) is 4.54. The molecule has 3 rings (SSSR count). The Labute approximate surface area is 161 Å². The Morgan fingerprint density at radius 2 is 2.19 bits per heavy atom. The van der Waals surface area contributed by atoms with Crippen LogP contribution in [0.3, 0.4) is 0 Å². The summed E-state index contributed by atoms with van der Waals surface area (Å²) < 4.78 is 5.03. The number of benzene rings is 1. The molecule has 1 N–H and O–H groups in total. The summed E-state index contributed by atoms with van der Waals surface area (Å²) in [7, 11) is 0. The van der Waals surface area contributed by atoms with Crippen molar-refractivity contribution in [3.05, 3.63) is 39.3 Å². The van der Waals surface area contributed by atoms with Crippen molar-refractivity contribution < 1.29 is 14.5 Å². The first-order chi connectivity index (χ1) is 13.0. The maximum Gasteiger partial charge on any atom is 0.409 e. The van der Waals surface area contributed by atoms with Gasteiger partial charge < -0.3 is 15.0 Å². The second-order valence-corrected chi connectivity index (χ2v) is 7.26. The van der Waals surface area contributed by atoms with Gasteiger partial charge >= 0.3 is 6.09 Å². The zero-order valence-electron chi connectivity index (χ0n) is 15.3. The van der Waals surface area contributed by atoms with Crippen LogP contribution < -0.4 is 5.32 Å². The van der Waals surface area contributed by atoms with E-state index < -0.39 is 0 Å². The molecule has 144 valence electrons. The summed E-state index contributed by atoms with van der Waals surface area (Å²) in [4.78, 5) is 28.8. The van der Waals surface area contributed by atoms with E-state index in [4.69, 9.17) is 4.74 Å². The maximum atomic E-state index is 11.7. The summed E-state index contributed by atoms with van der Waals surface area (Å²) in [5.41, 5.74) is 2.18. The number of aromatic nitrogens is 1. The van der Waals surface area contributed by atoms with Crippen molar-refractivity contribution in [2.24, 2.45) is 0 Å². The highest BCUT2D eigenvalue weighted by molar-refractivity contribution is 7.14. The molecule has 0 unspecified atom stereocenters. The normalized spacial score (nSPS) is 14.8. The molecule has 0 saturated carbocycles. The van der Waals surface area contributed by atoms with Crippen LogP contribution in [0.2, 0.25) is 0 Å². The van der Waals surface area contributed by atoms with E-state index in [1.54, 1.807) is 30.9 Å². The Balaban J connectivity index is 1.62. The van der Waals surface area contributed by atoms with Crippen LogP contribution in [0.1, 0.15) is 25.3 Å². The number of hydrogen-bond acceptors (Lipinski definition) is 7. The Kier molecular flexibility index (Phi) is 5.90. The van der Waals surface area contributed by atoms with Gasteiger partial charge in [0.25, 0.3) is 5.69 Å². The monoisotopic (exact) mass is 390 g/mol. The number of rotatable bonds is 5. The van der Waals surface area contributed by atoms with Crippen molar-refractivity contribution in [2.45, 2.75) is 32.7 Å². The molecule has 8 nitrogen and oxygen atoms in total. The highest BCUT2D eigenvalue weighted by atomic mass is 32.1. The summed E-state index contributed by atoms with van der Waals surface area (Å²) >= 11 is 1.47. The van der Waals surface area contributed by atoms with Gasteiger partial charge in [-0.25, -0.2) is 9.78 Å². The van der Waals surface area contributed by atoms with E-state index in [1.165, 1.54) is 11.3 Å². The lowest BCUT2D eigenvalue weighted by Crippen LogP contribution is -2.42. The molecule has 0 atom stereocenters. The number of nitro benzene ring substituents is 1. The van der Waals surface area contributed by atoms with Gasteiger partial charge in [0.1, 0.15) is 0 Å². The number of nitro groups is 1. The van der Waals surface area contributed by atoms with E-state index in [9.17, 15) is 14.9 Å². The lowest BCUT2D eigenvalue weighted by atomic mass is 10.1. The molecule has 0 spiro atoms. The van der Waals surface area contributed by atoms with Crippen molar-refractivity contribution in [3.63, 3.8) is 0 Å². The molecule has 1 amide bonds. The molecular formula is C18H22N4O4S. The number of aryl methyl sites for hydroxylation is 1. The summed E-state index contributed by atoms with van der Waals surface area (Å²) in [6, 6.07) is 5.39. The average Bonchev–Trinajstić information content (AvgIpc) is 3.11. The van der Waals surface area contributed by atoms with Gasteiger partial charge in [0.05, 0.1) is 17.2 Å². The van der Waals surface area contributed by atoms with Gasteiger partial charge in [0, 0.05) is 41.7 Å². The minimum Gasteiger partial charge on any atom is -0.450 e. The number of carbonyl (C=O) groups excluding carboxylic acids is 1. The fraction of sp³-hybridized carbons (Fsp3) is 0.444. The predicted molar refractivity (Wildman–Crippen MR) is 104 cm³/mol. The van der Waals surface area contributed by atoms with Gasteiger partial charge in [0.15, 0.2) is 5.13 Å². The topological polar surface area (TPSA) is 97.6 Å². The molecule has 0 aliphatic carbocycles. The van der Waals surface area contributed by atoms with Crippen molar-refractivity contribution in [1.29, 1.82) is 0 Å². The molecule has 1 aromatic heterocycles. The molecule has 0 bridgehead atoms. The highest BCUT2D eigenvalue weighted by Gasteiger charge is 2.24. The van der Waals surface area contributed by atoms with Gasteiger partial charge in [-0.2, -0.15) is 0 Å². The average molecular weight is 390 g/mol. The largest absolute Gasteiger partial charge is 0.450 e. The Hall–Kier alpha value is -2.68. The van der Waals surface area contributed by atoms with Crippen LogP contribution in [-0.4, -0.2) is 46.6 Å². The van der Waals surface area contributed by atoms with E-state index in [2.05, 4.69) is 10.3 Å². The van der Waals surface area contributed by atoms with E-state index in [0.717, 1.165) is 29.2 Å². The number of anilines is 1. The van der Waals surface area contributed by atoms with Crippen LogP contribution in [0.15, 0.2) is 23.6 Å². The summed E-state index contributed by atoms with van der Waals surface area (Å²) in [5.74, 6) is 0. The Morgan fingerprint density at radius 3 is 2.85 bits per heavy atom. The highest BCUT2D eigenvalue weighted by Crippen LogP contribution is 2.30. The number of ether oxygens (including phenoxy) is 1. The molecule has 2 aromatic rings. The Morgan fingerprint density at radius 1 is 1.44 bits per heavy atom. The molecular weight excluding hydrogens is 368 g/mol. The number of nitrogens with one attached hydrogen (secondary N) is 1. The fourth-order valence-corrected chi connectivity index (χ4v) is 3.83. The first-order valence-corrected chi connectivity index (χ1v) is 9.75. The summed E-state index contributed by atoms with van der Waals surface area (Å²) in [6.45, 7) is 5.21. The molecule has 2 heterocycles. The smallest absolute Gasteiger partial charge is 0.409 e. The lowest BCUT2D eigenvalue weighted by molar-refractivity contribution is -0.385. The number of likely N-dealkylation sites (tertiary alicyclic amines) is 1. The van der Waals surface area contributed by atoms with Crippen LogP contribution in [0.5, 0.6) is 0 Å². The molecule has 1 fully saturated rings. The van der Waals surface area contributed by atoms with Crippen molar-refractivity contribution in [1.82, 2.24) is 9.88 Å². The SMILES string of the molecule is CCOC(=O)N1CCC(Nc2nc(-c3ccc(C)c([N+](=O)[O-])c3)cs2)CC1. The molecule has 1 aliphatic rings. The third-order valence-electron chi connectivity index (χ3n) is 4.55. The minimum atomic E-state index is -0.373. The number of amides is 1. The van der Waals surface area contributed by atoms with E-state index >= 15 is 0 Å². The molecule has 9 heteroatoms. The molecule has 1 aromatic carbocycles. The van der Waals surface area contributed by atoms with Crippen molar-refractivity contribution in [2.75, 3.05) is 25.0 Å². The number of thiazole rings is 1. The first kappa shape index (κ1) is 19.1. The van der Waals surface area contributed by atoms with Gasteiger partial charge in [-0.05, 0) is 26.7 Å². The summed E-state index contributed by atoms with van der Waals surface area (Å²) in [5, 5.41) is 17.2. The van der Waals surface area contributed by atoms with E-state index in [0.29, 0.717) is 25.3 Å². The molecule has 1 saturated heterocycles. The number of hydrogen-bond donors (Lipinski definition) is 1. The molecule has 1 aliphatic heterocycles. The van der Waals surface area contributed by atoms with Crippen molar-refractivity contribution >= 4 is 28.2 Å². The standard InChI is InChI=1S/C18H22N4O4S/c1-3-26-18(23)21-8-6-14(7-9-21)19-17-20-15(11-27-17)13-5-4-12(2)16(10-13)22(24)25/h4-5,10-11,14H,3,6-9H2,1-2H3,(H,19,20). The Bertz CT molecular complexity index is 831. The lowest BCUT2D eigenvalue weighted by Gasteiger charge is -2.31. The quantitative estimate of drug-likeness (QED) is 0.611. The number of carbonyl (C=O) groups is 1. The van der Waals surface area contributed by atoms with E-state index in [-0.39, 0.29) is 22.7 Å². The second-order valence-electron chi connectivity index (χ2n) is 6.40. The second kappa shape index (κ2) is 8.34. The molecule has 0 radical (unpaired) electrons. The van der Waals surface area contributed by atoms with Crippen LogP contribution in [-0.2, 0) is 4.74 Å².